The van der Waals surface area contributed by atoms with Crippen molar-refractivity contribution in [2.45, 2.75) is 57.5 Å². The van der Waals surface area contributed by atoms with Crippen LogP contribution in [0.2, 0.25) is 0 Å². The van der Waals surface area contributed by atoms with Crippen molar-refractivity contribution in [1.82, 2.24) is 0 Å². The van der Waals surface area contributed by atoms with Crippen molar-refractivity contribution in [1.29, 1.82) is 0 Å². The second kappa shape index (κ2) is 8.09. The van der Waals surface area contributed by atoms with Crippen molar-refractivity contribution >= 4 is 12.1 Å². The standard InChI is InChI=1S/C24H34O5/c1-23-13-17(14-25)22-19-7-5-18(26)12-16(19)4-6-20(22)21(23)8-10-24(23,27)9-3-11-29-15-28-2/h3,9,12,14,17,19-22,27H,4-8,10-11,13,15H2,1-2H3/b9-3-/t17-,19+,20+,21+,22-,23+,24+/m1/s1. The normalized spacial score (nSPS) is 44.2. The molecule has 160 valence electrons. The first-order chi connectivity index (χ1) is 13.9. The van der Waals surface area contributed by atoms with Crippen molar-refractivity contribution in [3.05, 3.63) is 23.8 Å². The average molecular weight is 403 g/mol. The van der Waals surface area contributed by atoms with Gasteiger partial charge in [-0.25, -0.2) is 0 Å². The molecule has 0 aliphatic heterocycles. The number of ether oxygens (including phenoxy) is 2. The maximum atomic E-state index is 12.2. The van der Waals surface area contributed by atoms with Gasteiger partial charge in [0.1, 0.15) is 13.1 Å². The van der Waals surface area contributed by atoms with E-state index in [1.165, 1.54) is 5.57 Å². The van der Waals surface area contributed by atoms with Crippen LogP contribution < -0.4 is 0 Å². The lowest BCUT2D eigenvalue weighted by Gasteiger charge is -2.57. The summed E-state index contributed by atoms with van der Waals surface area (Å²) in [6.07, 6.45) is 12.8. The Balaban J connectivity index is 1.59. The fourth-order valence-corrected chi connectivity index (χ4v) is 7.27. The van der Waals surface area contributed by atoms with Crippen LogP contribution in [-0.2, 0) is 19.1 Å². The van der Waals surface area contributed by atoms with Gasteiger partial charge < -0.3 is 19.4 Å². The minimum atomic E-state index is -0.904. The molecule has 4 aliphatic rings. The summed E-state index contributed by atoms with van der Waals surface area (Å²) in [6, 6.07) is 0. The minimum Gasteiger partial charge on any atom is -0.385 e. The molecule has 3 saturated carbocycles. The zero-order valence-electron chi connectivity index (χ0n) is 17.6. The molecule has 0 aromatic heterocycles. The quantitative estimate of drug-likeness (QED) is 0.319. The van der Waals surface area contributed by atoms with E-state index < -0.39 is 5.60 Å². The maximum absolute atomic E-state index is 12.2. The van der Waals surface area contributed by atoms with E-state index in [0.717, 1.165) is 44.8 Å². The first kappa shape index (κ1) is 21.0. The van der Waals surface area contributed by atoms with E-state index in [1.807, 2.05) is 18.2 Å². The van der Waals surface area contributed by atoms with Gasteiger partial charge in [-0.05, 0) is 68.3 Å². The molecule has 0 unspecified atom stereocenters. The van der Waals surface area contributed by atoms with Crippen LogP contribution in [0, 0.1) is 35.0 Å². The Morgan fingerprint density at radius 1 is 1.28 bits per heavy atom. The number of rotatable bonds is 6. The Labute approximate surface area is 173 Å². The molecular formula is C24H34O5. The highest BCUT2D eigenvalue weighted by atomic mass is 16.7. The van der Waals surface area contributed by atoms with Crippen molar-refractivity contribution in [2.24, 2.45) is 35.0 Å². The number of carbonyl (C=O) groups excluding carboxylic acids is 2. The van der Waals surface area contributed by atoms with Crippen molar-refractivity contribution in [3.8, 4) is 0 Å². The predicted molar refractivity (Wildman–Crippen MR) is 109 cm³/mol. The van der Waals surface area contributed by atoms with Gasteiger partial charge in [0.2, 0.25) is 0 Å². The van der Waals surface area contributed by atoms with Crippen molar-refractivity contribution in [3.63, 3.8) is 0 Å². The summed E-state index contributed by atoms with van der Waals surface area (Å²) >= 11 is 0. The zero-order chi connectivity index (χ0) is 20.6. The van der Waals surface area contributed by atoms with E-state index in [9.17, 15) is 14.7 Å². The number of hydrogen-bond acceptors (Lipinski definition) is 5. The SMILES string of the molecule is COCOC/C=C\[C@]1(O)CC[C@H]2[C@@H]3CCC4=CC(=O)CC[C@@H]4[C@H]3[C@@H](C=O)C[C@@]21C. The number of aldehydes is 1. The maximum Gasteiger partial charge on any atom is 0.155 e. The summed E-state index contributed by atoms with van der Waals surface area (Å²) in [5.41, 5.74) is 0.0729. The van der Waals surface area contributed by atoms with Crippen LogP contribution in [0.3, 0.4) is 0 Å². The molecule has 0 radical (unpaired) electrons. The highest BCUT2D eigenvalue weighted by Gasteiger charge is 2.63. The fourth-order valence-electron chi connectivity index (χ4n) is 7.27. The summed E-state index contributed by atoms with van der Waals surface area (Å²) in [7, 11) is 1.59. The third-order valence-corrected chi connectivity index (χ3v) is 8.55. The summed E-state index contributed by atoms with van der Waals surface area (Å²) in [6.45, 7) is 2.83. The van der Waals surface area contributed by atoms with Crippen LogP contribution in [0.4, 0.5) is 0 Å². The second-order valence-electron chi connectivity index (χ2n) is 9.78. The number of fused-ring (bicyclic) bond motifs is 5. The summed E-state index contributed by atoms with van der Waals surface area (Å²) in [4.78, 5) is 24.1. The predicted octanol–water partition coefficient (Wildman–Crippen LogP) is 3.46. The van der Waals surface area contributed by atoms with Gasteiger partial charge in [0.15, 0.2) is 5.78 Å². The van der Waals surface area contributed by atoms with Gasteiger partial charge in [0, 0.05) is 24.9 Å². The largest absolute Gasteiger partial charge is 0.385 e. The number of aliphatic hydroxyl groups is 1. The van der Waals surface area contributed by atoms with Gasteiger partial charge >= 0.3 is 0 Å². The molecule has 3 fully saturated rings. The van der Waals surface area contributed by atoms with Crippen LogP contribution in [0.1, 0.15) is 51.9 Å². The Morgan fingerprint density at radius 3 is 2.86 bits per heavy atom. The molecule has 0 spiro atoms. The lowest BCUT2D eigenvalue weighted by atomic mass is 9.47. The highest BCUT2D eigenvalue weighted by Crippen LogP contribution is 2.66. The fraction of sp³-hybridized carbons (Fsp3) is 0.750. The van der Waals surface area contributed by atoms with E-state index in [-0.39, 0.29) is 23.9 Å². The van der Waals surface area contributed by atoms with E-state index >= 15 is 0 Å². The van der Waals surface area contributed by atoms with Gasteiger partial charge in [-0.1, -0.05) is 24.6 Å². The Morgan fingerprint density at radius 2 is 2.10 bits per heavy atom. The Hall–Kier alpha value is -1.30. The van der Waals surface area contributed by atoms with E-state index in [4.69, 9.17) is 9.47 Å². The number of allylic oxidation sites excluding steroid dienone is 1. The monoisotopic (exact) mass is 402 g/mol. The number of carbonyl (C=O) groups is 2. The molecule has 0 bridgehead atoms. The molecule has 0 aromatic carbocycles. The molecular weight excluding hydrogens is 368 g/mol. The van der Waals surface area contributed by atoms with Crippen LogP contribution in [0.15, 0.2) is 23.8 Å². The molecule has 4 rings (SSSR count). The molecule has 0 heterocycles. The topological polar surface area (TPSA) is 72.8 Å². The second-order valence-corrected chi connectivity index (χ2v) is 9.78. The number of ketones is 1. The number of hydrogen-bond donors (Lipinski definition) is 1. The van der Waals surface area contributed by atoms with E-state index in [1.54, 1.807) is 7.11 Å². The summed E-state index contributed by atoms with van der Waals surface area (Å²) in [5.74, 6) is 1.76. The molecule has 5 nitrogen and oxygen atoms in total. The van der Waals surface area contributed by atoms with Gasteiger partial charge in [0.25, 0.3) is 0 Å². The van der Waals surface area contributed by atoms with Gasteiger partial charge in [-0.3, -0.25) is 4.79 Å². The lowest BCUT2D eigenvalue weighted by Crippen LogP contribution is -2.55. The van der Waals surface area contributed by atoms with Gasteiger partial charge in [-0.2, -0.15) is 0 Å². The molecule has 0 saturated heterocycles. The van der Waals surface area contributed by atoms with Gasteiger partial charge in [0.05, 0.1) is 12.2 Å². The smallest absolute Gasteiger partial charge is 0.155 e. The molecule has 0 amide bonds. The molecule has 1 N–H and O–H groups in total. The average Bonchev–Trinajstić information content (AvgIpc) is 2.97. The minimum absolute atomic E-state index is 0.0501. The Kier molecular flexibility index (Phi) is 5.84. The zero-order valence-corrected chi connectivity index (χ0v) is 17.6. The molecule has 29 heavy (non-hydrogen) atoms. The third kappa shape index (κ3) is 3.45. The van der Waals surface area contributed by atoms with Crippen LogP contribution in [-0.4, -0.2) is 43.3 Å². The third-order valence-electron chi connectivity index (χ3n) is 8.55. The van der Waals surface area contributed by atoms with Gasteiger partial charge in [-0.15, -0.1) is 0 Å². The first-order valence-corrected chi connectivity index (χ1v) is 11.1. The van der Waals surface area contributed by atoms with E-state index in [0.29, 0.717) is 36.7 Å². The summed E-state index contributed by atoms with van der Waals surface area (Å²) in [5, 5.41) is 11.6. The highest BCUT2D eigenvalue weighted by molar-refractivity contribution is 5.91. The lowest BCUT2D eigenvalue weighted by molar-refractivity contribution is -0.136. The molecule has 4 aliphatic carbocycles. The first-order valence-electron chi connectivity index (χ1n) is 11.1. The number of methoxy groups -OCH3 is 1. The molecule has 5 heteroatoms. The van der Waals surface area contributed by atoms with Crippen LogP contribution in [0.5, 0.6) is 0 Å². The van der Waals surface area contributed by atoms with Crippen LogP contribution in [0.25, 0.3) is 0 Å². The van der Waals surface area contributed by atoms with E-state index in [2.05, 4.69) is 6.92 Å². The van der Waals surface area contributed by atoms with Crippen molar-refractivity contribution < 1.29 is 24.2 Å². The molecule has 0 aromatic rings. The van der Waals surface area contributed by atoms with Crippen LogP contribution >= 0.6 is 0 Å². The Bertz CT molecular complexity index is 712. The molecule has 7 atom stereocenters. The summed E-state index contributed by atoms with van der Waals surface area (Å²) < 4.78 is 10.2. The van der Waals surface area contributed by atoms with Crippen molar-refractivity contribution in [2.75, 3.05) is 20.5 Å².